The molecule has 0 aliphatic heterocycles. The van der Waals surface area contributed by atoms with Gasteiger partial charge in [-0.3, -0.25) is 16.3 Å². The molecule has 0 aliphatic rings. The van der Waals surface area contributed by atoms with Crippen LogP contribution < -0.4 is 16.9 Å². The topological polar surface area (TPSA) is 99.6 Å². The molecule has 5 N–H and O–H groups in total. The Morgan fingerprint density at radius 2 is 2.13 bits per heavy atom. The smallest absolute Gasteiger partial charge is 0.321 e. The van der Waals surface area contributed by atoms with E-state index in [1.807, 2.05) is 0 Å². The van der Waals surface area contributed by atoms with Crippen molar-refractivity contribution >= 4 is 5.97 Å². The van der Waals surface area contributed by atoms with E-state index in [0.29, 0.717) is 19.6 Å². The van der Waals surface area contributed by atoms with Crippen molar-refractivity contribution in [2.45, 2.75) is 39.0 Å². The molecule has 90 valence electrons. The first kappa shape index (κ1) is 14.3. The fourth-order valence-electron chi connectivity index (χ4n) is 0.878. The molecule has 0 radical (unpaired) electrons. The van der Waals surface area contributed by atoms with E-state index < -0.39 is 11.8 Å². The van der Waals surface area contributed by atoms with Crippen LogP contribution in [-0.2, 0) is 14.4 Å². The zero-order valence-corrected chi connectivity index (χ0v) is 9.41. The lowest BCUT2D eigenvalue weighted by Gasteiger charge is -2.24. The van der Waals surface area contributed by atoms with Crippen molar-refractivity contribution in [1.82, 2.24) is 5.48 Å². The molecule has 0 aromatic heterocycles. The number of hydrogen-bond donors (Lipinski definition) is 3. The van der Waals surface area contributed by atoms with Gasteiger partial charge in [-0.1, -0.05) is 13.3 Å². The molecule has 15 heavy (non-hydrogen) atoms. The molecule has 0 rings (SSSR count). The molecule has 0 bridgehead atoms. The van der Waals surface area contributed by atoms with Gasteiger partial charge < -0.3 is 9.57 Å². The molecule has 0 amide bonds. The molecule has 0 aromatic carbocycles. The second-order valence-corrected chi connectivity index (χ2v) is 3.39. The highest BCUT2D eigenvalue weighted by atomic mass is 16.7. The fourth-order valence-corrected chi connectivity index (χ4v) is 0.878. The highest BCUT2D eigenvalue weighted by Crippen LogP contribution is 2.01. The molecule has 6 nitrogen and oxygen atoms in total. The van der Waals surface area contributed by atoms with Crippen LogP contribution in [-0.4, -0.2) is 25.0 Å². The number of rotatable bonds is 8. The fraction of sp³-hybridized carbons (Fsp3) is 0.889. The van der Waals surface area contributed by atoms with Gasteiger partial charge in [0.2, 0.25) is 0 Å². The Bertz CT molecular complexity index is 185. The number of nitrogens with two attached hydrogens (primary N) is 2. The molecule has 6 heteroatoms. The van der Waals surface area contributed by atoms with Gasteiger partial charge in [-0.15, -0.1) is 0 Å². The van der Waals surface area contributed by atoms with Crippen LogP contribution in [0, 0.1) is 0 Å². The standard InChI is InChI=1S/C9H21N3O3/c1-3-4-7-14-9(10,11)5-6-12-15-8(2)13/h12H,3-7,10-11H2,1-2H3. The second kappa shape index (κ2) is 7.58. The van der Waals surface area contributed by atoms with Gasteiger partial charge in [-0.25, -0.2) is 0 Å². The van der Waals surface area contributed by atoms with Crippen LogP contribution in [0.5, 0.6) is 0 Å². The van der Waals surface area contributed by atoms with Crippen molar-refractivity contribution in [1.29, 1.82) is 0 Å². The zero-order valence-electron chi connectivity index (χ0n) is 9.41. The number of hydroxylamine groups is 1. The molecule has 0 fully saturated rings. The van der Waals surface area contributed by atoms with E-state index >= 15 is 0 Å². The van der Waals surface area contributed by atoms with E-state index in [-0.39, 0.29) is 0 Å². The maximum atomic E-state index is 10.4. The Balaban J connectivity index is 3.50. The Hall–Kier alpha value is -0.690. The van der Waals surface area contributed by atoms with Gasteiger partial charge in [0.05, 0.1) is 6.61 Å². The predicted molar refractivity (Wildman–Crippen MR) is 56.4 cm³/mol. The Kier molecular flexibility index (Phi) is 7.23. The summed E-state index contributed by atoms with van der Waals surface area (Å²) < 4.78 is 5.25. The lowest BCUT2D eigenvalue weighted by Crippen LogP contribution is -2.53. The Labute approximate surface area is 90.2 Å². The average Bonchev–Trinajstić information content (AvgIpc) is 2.13. The monoisotopic (exact) mass is 219 g/mol. The third kappa shape index (κ3) is 9.61. The van der Waals surface area contributed by atoms with Gasteiger partial charge in [0.15, 0.2) is 5.85 Å². The minimum Gasteiger partial charge on any atom is -0.371 e. The Morgan fingerprint density at radius 3 is 2.67 bits per heavy atom. The number of nitrogens with one attached hydrogen (secondary N) is 1. The van der Waals surface area contributed by atoms with E-state index in [4.69, 9.17) is 16.2 Å². The molecule has 0 saturated heterocycles. The third-order valence-corrected chi connectivity index (χ3v) is 1.70. The predicted octanol–water partition coefficient (Wildman–Crippen LogP) is -0.168. The van der Waals surface area contributed by atoms with Crippen LogP contribution in [0.15, 0.2) is 0 Å². The Morgan fingerprint density at radius 1 is 1.47 bits per heavy atom. The van der Waals surface area contributed by atoms with Crippen molar-refractivity contribution in [3.8, 4) is 0 Å². The summed E-state index contributed by atoms with van der Waals surface area (Å²) in [5.74, 6) is -1.57. The van der Waals surface area contributed by atoms with E-state index in [2.05, 4.69) is 17.2 Å². The normalized spacial score (nSPS) is 11.5. The van der Waals surface area contributed by atoms with Crippen LogP contribution in [0.1, 0.15) is 33.1 Å². The van der Waals surface area contributed by atoms with Crippen LogP contribution in [0.3, 0.4) is 0 Å². The molecular formula is C9H21N3O3. The summed E-state index contributed by atoms with van der Waals surface area (Å²) in [6.07, 6.45) is 2.32. The number of carbonyl (C=O) groups excluding carboxylic acids is 1. The average molecular weight is 219 g/mol. The van der Waals surface area contributed by atoms with Gasteiger partial charge in [0.25, 0.3) is 0 Å². The van der Waals surface area contributed by atoms with Crippen LogP contribution in [0.25, 0.3) is 0 Å². The largest absolute Gasteiger partial charge is 0.371 e. The van der Waals surface area contributed by atoms with Crippen LogP contribution >= 0.6 is 0 Å². The SMILES string of the molecule is CCCCOC(N)(N)CCNOC(C)=O. The van der Waals surface area contributed by atoms with Crippen molar-refractivity contribution in [3.63, 3.8) is 0 Å². The van der Waals surface area contributed by atoms with Crippen molar-refractivity contribution in [3.05, 3.63) is 0 Å². The highest BCUT2D eigenvalue weighted by Gasteiger charge is 2.18. The summed E-state index contributed by atoms with van der Waals surface area (Å²) in [4.78, 5) is 14.9. The second-order valence-electron chi connectivity index (χ2n) is 3.39. The summed E-state index contributed by atoms with van der Waals surface area (Å²) in [6.45, 7) is 4.26. The molecule has 0 aromatic rings. The summed E-state index contributed by atoms with van der Waals surface area (Å²) in [5.41, 5.74) is 13.7. The minimum atomic E-state index is -1.16. The van der Waals surface area contributed by atoms with E-state index in [1.165, 1.54) is 6.92 Å². The molecule has 0 aliphatic carbocycles. The molecule has 0 unspecified atom stereocenters. The third-order valence-electron chi connectivity index (χ3n) is 1.70. The first-order chi connectivity index (χ1) is 6.98. The lowest BCUT2D eigenvalue weighted by atomic mass is 10.3. The van der Waals surface area contributed by atoms with Crippen molar-refractivity contribution in [2.75, 3.05) is 13.2 Å². The summed E-state index contributed by atoms with van der Waals surface area (Å²) in [5, 5.41) is 0. The molecule has 0 spiro atoms. The number of unbranched alkanes of at least 4 members (excludes halogenated alkanes) is 1. The van der Waals surface area contributed by atoms with Crippen molar-refractivity contribution in [2.24, 2.45) is 11.5 Å². The van der Waals surface area contributed by atoms with Crippen LogP contribution in [0.4, 0.5) is 0 Å². The molecule has 0 heterocycles. The van der Waals surface area contributed by atoms with Gasteiger partial charge >= 0.3 is 5.97 Å². The van der Waals surface area contributed by atoms with E-state index in [0.717, 1.165) is 12.8 Å². The number of ether oxygens (including phenoxy) is 1. The highest BCUT2D eigenvalue weighted by molar-refractivity contribution is 5.65. The molecular weight excluding hydrogens is 198 g/mol. The van der Waals surface area contributed by atoms with Crippen molar-refractivity contribution < 1.29 is 14.4 Å². The first-order valence-corrected chi connectivity index (χ1v) is 5.10. The van der Waals surface area contributed by atoms with Crippen LogP contribution in [0.2, 0.25) is 0 Å². The summed E-state index contributed by atoms with van der Waals surface area (Å²) in [6, 6.07) is 0. The maximum absolute atomic E-state index is 10.4. The van der Waals surface area contributed by atoms with E-state index in [1.54, 1.807) is 0 Å². The molecule has 0 atom stereocenters. The van der Waals surface area contributed by atoms with Gasteiger partial charge in [-0.05, 0) is 6.42 Å². The quantitative estimate of drug-likeness (QED) is 0.298. The molecule has 0 saturated carbocycles. The van der Waals surface area contributed by atoms with Gasteiger partial charge in [0.1, 0.15) is 0 Å². The minimum absolute atomic E-state index is 0.360. The lowest BCUT2D eigenvalue weighted by molar-refractivity contribution is -0.149. The maximum Gasteiger partial charge on any atom is 0.321 e. The number of hydrogen-bond acceptors (Lipinski definition) is 6. The van der Waals surface area contributed by atoms with E-state index in [9.17, 15) is 4.79 Å². The summed E-state index contributed by atoms with van der Waals surface area (Å²) >= 11 is 0. The zero-order chi connectivity index (χ0) is 11.7. The van der Waals surface area contributed by atoms with Gasteiger partial charge in [-0.2, -0.15) is 5.48 Å². The first-order valence-electron chi connectivity index (χ1n) is 5.10. The van der Waals surface area contributed by atoms with Gasteiger partial charge in [0, 0.05) is 19.9 Å². The number of carbonyl (C=O) groups is 1. The summed E-state index contributed by atoms with van der Waals surface area (Å²) in [7, 11) is 0.